The number of amides is 2. The Morgan fingerprint density at radius 1 is 1.22 bits per heavy atom. The smallest absolute Gasteiger partial charge is 0.286 e. The van der Waals surface area contributed by atoms with Gasteiger partial charge in [-0.1, -0.05) is 18.2 Å². The minimum Gasteiger partial charge on any atom is -0.496 e. The minimum absolute atomic E-state index is 0.150. The standard InChI is InChI=1S/C17H20N2O4/c1-12(13-6-3-4-7-14(13)22-2)19-16(20)9-10-18-17(21)15-8-5-11-23-15/h3-8,11-12H,9-10H2,1-2H3,(H,18,21)(H,19,20)/t12-/m1/s1. The molecule has 2 N–H and O–H groups in total. The van der Waals surface area contributed by atoms with Crippen molar-refractivity contribution in [2.45, 2.75) is 19.4 Å². The van der Waals surface area contributed by atoms with Crippen LogP contribution in [0.25, 0.3) is 0 Å². The van der Waals surface area contributed by atoms with Gasteiger partial charge in [-0.2, -0.15) is 0 Å². The molecule has 0 saturated heterocycles. The predicted octanol–water partition coefficient (Wildman–Crippen LogP) is 2.29. The van der Waals surface area contributed by atoms with E-state index < -0.39 is 0 Å². The van der Waals surface area contributed by atoms with Gasteiger partial charge in [0, 0.05) is 18.5 Å². The maximum atomic E-state index is 12.0. The van der Waals surface area contributed by atoms with Crippen molar-refractivity contribution in [2.24, 2.45) is 0 Å². The summed E-state index contributed by atoms with van der Waals surface area (Å²) in [5, 5.41) is 5.52. The third-order valence-corrected chi connectivity index (χ3v) is 3.37. The van der Waals surface area contributed by atoms with Gasteiger partial charge in [0.1, 0.15) is 5.75 Å². The zero-order valence-corrected chi connectivity index (χ0v) is 13.2. The second kappa shape index (κ2) is 8.03. The molecule has 2 amide bonds. The summed E-state index contributed by atoms with van der Waals surface area (Å²) in [4.78, 5) is 23.6. The summed E-state index contributed by atoms with van der Waals surface area (Å²) in [6.07, 6.45) is 1.61. The number of methoxy groups -OCH3 is 1. The molecule has 0 spiro atoms. The molecule has 23 heavy (non-hydrogen) atoms. The van der Waals surface area contributed by atoms with Crippen molar-refractivity contribution in [3.05, 3.63) is 54.0 Å². The van der Waals surface area contributed by atoms with Gasteiger partial charge in [0.25, 0.3) is 5.91 Å². The van der Waals surface area contributed by atoms with E-state index in [1.165, 1.54) is 6.26 Å². The number of hydrogen-bond acceptors (Lipinski definition) is 4. The second-order valence-electron chi connectivity index (χ2n) is 5.01. The van der Waals surface area contributed by atoms with E-state index in [4.69, 9.17) is 9.15 Å². The summed E-state index contributed by atoms with van der Waals surface area (Å²) >= 11 is 0. The van der Waals surface area contributed by atoms with Crippen molar-refractivity contribution < 1.29 is 18.7 Å². The van der Waals surface area contributed by atoms with Crippen LogP contribution in [-0.4, -0.2) is 25.5 Å². The minimum atomic E-state index is -0.333. The molecule has 0 aliphatic rings. The average Bonchev–Trinajstić information content (AvgIpc) is 3.09. The molecule has 1 aromatic carbocycles. The highest BCUT2D eigenvalue weighted by molar-refractivity contribution is 5.91. The van der Waals surface area contributed by atoms with Gasteiger partial charge in [0.2, 0.25) is 5.91 Å². The van der Waals surface area contributed by atoms with Gasteiger partial charge in [0.05, 0.1) is 19.4 Å². The first-order chi connectivity index (χ1) is 11.1. The highest BCUT2D eigenvalue weighted by atomic mass is 16.5. The second-order valence-corrected chi connectivity index (χ2v) is 5.01. The molecule has 2 aromatic rings. The molecular formula is C17H20N2O4. The lowest BCUT2D eigenvalue weighted by Gasteiger charge is -2.17. The van der Waals surface area contributed by atoms with Gasteiger partial charge in [-0.15, -0.1) is 0 Å². The van der Waals surface area contributed by atoms with Crippen molar-refractivity contribution in [1.29, 1.82) is 0 Å². The molecule has 0 aliphatic carbocycles. The van der Waals surface area contributed by atoms with Crippen LogP contribution in [0.4, 0.5) is 0 Å². The molecule has 0 bridgehead atoms. The van der Waals surface area contributed by atoms with Crippen molar-refractivity contribution >= 4 is 11.8 Å². The predicted molar refractivity (Wildman–Crippen MR) is 85.2 cm³/mol. The van der Waals surface area contributed by atoms with Crippen LogP contribution < -0.4 is 15.4 Å². The first-order valence-electron chi connectivity index (χ1n) is 7.35. The fourth-order valence-corrected chi connectivity index (χ4v) is 2.20. The van der Waals surface area contributed by atoms with E-state index in [1.807, 2.05) is 31.2 Å². The highest BCUT2D eigenvalue weighted by Crippen LogP contribution is 2.24. The Balaban J connectivity index is 1.79. The lowest BCUT2D eigenvalue weighted by molar-refractivity contribution is -0.121. The van der Waals surface area contributed by atoms with Crippen LogP contribution in [0.3, 0.4) is 0 Å². The van der Waals surface area contributed by atoms with Crippen LogP contribution in [0.2, 0.25) is 0 Å². The average molecular weight is 316 g/mol. The fourth-order valence-electron chi connectivity index (χ4n) is 2.20. The molecule has 1 atom stereocenters. The Bertz CT molecular complexity index is 652. The lowest BCUT2D eigenvalue weighted by atomic mass is 10.1. The zero-order chi connectivity index (χ0) is 16.7. The van der Waals surface area contributed by atoms with E-state index in [0.717, 1.165) is 11.3 Å². The summed E-state index contributed by atoms with van der Waals surface area (Å²) in [6.45, 7) is 2.13. The van der Waals surface area contributed by atoms with E-state index in [1.54, 1.807) is 19.2 Å². The van der Waals surface area contributed by atoms with Crippen LogP contribution in [-0.2, 0) is 4.79 Å². The van der Waals surface area contributed by atoms with Crippen molar-refractivity contribution in [1.82, 2.24) is 10.6 Å². The first kappa shape index (κ1) is 16.6. The third kappa shape index (κ3) is 4.60. The number of hydrogen-bond donors (Lipinski definition) is 2. The Morgan fingerprint density at radius 2 is 2.00 bits per heavy atom. The van der Waals surface area contributed by atoms with Crippen molar-refractivity contribution in [3.63, 3.8) is 0 Å². The number of carbonyl (C=O) groups excluding carboxylic acids is 2. The third-order valence-electron chi connectivity index (χ3n) is 3.37. The SMILES string of the molecule is COc1ccccc1[C@@H](C)NC(=O)CCNC(=O)c1ccco1. The number of ether oxygens (including phenoxy) is 1. The maximum absolute atomic E-state index is 12.0. The van der Waals surface area contributed by atoms with Gasteiger partial charge < -0.3 is 19.8 Å². The summed E-state index contributed by atoms with van der Waals surface area (Å²) in [6, 6.07) is 10.5. The molecule has 0 unspecified atom stereocenters. The molecular weight excluding hydrogens is 296 g/mol. The molecule has 1 aromatic heterocycles. The molecule has 2 rings (SSSR count). The normalized spacial score (nSPS) is 11.6. The summed E-state index contributed by atoms with van der Waals surface area (Å²) < 4.78 is 10.3. The Labute approximate surface area is 134 Å². The van der Waals surface area contributed by atoms with Crippen LogP contribution in [0.5, 0.6) is 5.75 Å². The number of nitrogens with one attached hydrogen (secondary N) is 2. The molecule has 1 heterocycles. The van der Waals surface area contributed by atoms with Crippen LogP contribution >= 0.6 is 0 Å². The Morgan fingerprint density at radius 3 is 2.70 bits per heavy atom. The van der Waals surface area contributed by atoms with Gasteiger partial charge >= 0.3 is 0 Å². The summed E-state index contributed by atoms with van der Waals surface area (Å²) in [5.41, 5.74) is 0.906. The Kier molecular flexibility index (Phi) is 5.80. The largest absolute Gasteiger partial charge is 0.496 e. The fraction of sp³-hybridized carbons (Fsp3) is 0.294. The highest BCUT2D eigenvalue weighted by Gasteiger charge is 2.14. The number of benzene rings is 1. The monoisotopic (exact) mass is 316 g/mol. The molecule has 0 fully saturated rings. The van der Waals surface area contributed by atoms with E-state index in [2.05, 4.69) is 10.6 Å². The van der Waals surface area contributed by atoms with Gasteiger partial charge in [0.15, 0.2) is 5.76 Å². The van der Waals surface area contributed by atoms with Crippen LogP contribution in [0.15, 0.2) is 47.1 Å². The summed E-state index contributed by atoms with van der Waals surface area (Å²) in [5.74, 6) is 0.475. The first-order valence-corrected chi connectivity index (χ1v) is 7.35. The van der Waals surface area contributed by atoms with Gasteiger partial charge in [-0.25, -0.2) is 0 Å². The molecule has 6 nitrogen and oxygen atoms in total. The lowest BCUT2D eigenvalue weighted by Crippen LogP contribution is -2.32. The topological polar surface area (TPSA) is 80.6 Å². The van der Waals surface area contributed by atoms with Gasteiger partial charge in [-0.3, -0.25) is 9.59 Å². The van der Waals surface area contributed by atoms with E-state index in [-0.39, 0.29) is 36.6 Å². The summed E-state index contributed by atoms with van der Waals surface area (Å²) in [7, 11) is 1.59. The Hall–Kier alpha value is -2.76. The quantitative estimate of drug-likeness (QED) is 0.821. The number of carbonyl (C=O) groups is 2. The van der Waals surface area contributed by atoms with Crippen molar-refractivity contribution in [3.8, 4) is 5.75 Å². The number of rotatable bonds is 7. The zero-order valence-electron chi connectivity index (χ0n) is 13.2. The molecule has 0 saturated carbocycles. The number of para-hydroxylation sites is 1. The van der Waals surface area contributed by atoms with Crippen LogP contribution in [0, 0.1) is 0 Å². The number of furan rings is 1. The molecule has 122 valence electrons. The molecule has 6 heteroatoms. The molecule has 0 aliphatic heterocycles. The van der Waals surface area contributed by atoms with Crippen LogP contribution in [0.1, 0.15) is 35.5 Å². The van der Waals surface area contributed by atoms with Crippen molar-refractivity contribution in [2.75, 3.05) is 13.7 Å². The van der Waals surface area contributed by atoms with E-state index >= 15 is 0 Å². The van der Waals surface area contributed by atoms with Gasteiger partial charge in [-0.05, 0) is 25.1 Å². The molecule has 0 radical (unpaired) electrons. The van der Waals surface area contributed by atoms with E-state index in [9.17, 15) is 9.59 Å². The maximum Gasteiger partial charge on any atom is 0.286 e. The van der Waals surface area contributed by atoms with E-state index in [0.29, 0.717) is 0 Å².